The third-order valence-corrected chi connectivity index (χ3v) is 12.1. The summed E-state index contributed by atoms with van der Waals surface area (Å²) in [6.07, 6.45) is -5.19. The van der Waals surface area contributed by atoms with Crippen LogP contribution >= 0.6 is 11.8 Å². The van der Waals surface area contributed by atoms with Crippen molar-refractivity contribution < 1.29 is 50.9 Å². The van der Waals surface area contributed by atoms with Crippen molar-refractivity contribution in [3.05, 3.63) is 47.7 Å². The fourth-order valence-corrected chi connectivity index (χ4v) is 8.22. The second kappa shape index (κ2) is 15.4. The third kappa shape index (κ3) is 10.1. The number of nitrogens with one attached hydrogen (secondary N) is 2. The highest BCUT2D eigenvalue weighted by atomic mass is 32.2. The number of alkyl halides is 4. The number of nitrogens with zero attached hydrogens (tertiary/aromatic N) is 4. The highest BCUT2D eigenvalue weighted by Crippen LogP contribution is 2.67. The van der Waals surface area contributed by atoms with Gasteiger partial charge in [-0.3, -0.25) is 14.6 Å². The molecule has 1 fully saturated rings. The van der Waals surface area contributed by atoms with Gasteiger partial charge in [0.05, 0.1) is 23.5 Å². The summed E-state index contributed by atoms with van der Waals surface area (Å²) in [5, 5.41) is 15.9. The highest BCUT2D eigenvalue weighted by molar-refractivity contribution is 8.16. The van der Waals surface area contributed by atoms with Crippen LogP contribution < -0.4 is 15.4 Å². The molecule has 2 aromatic rings. The van der Waals surface area contributed by atoms with Crippen LogP contribution in [0.5, 0.6) is 5.88 Å². The van der Waals surface area contributed by atoms with Crippen LogP contribution in [0.2, 0.25) is 25.7 Å². The van der Waals surface area contributed by atoms with E-state index in [-0.39, 0.29) is 35.1 Å². The topological polar surface area (TPSA) is 155 Å². The minimum Gasteiger partial charge on any atom is -0.467 e. The number of aromatic nitrogens is 2. The molecule has 1 aliphatic carbocycles. The number of fused-ring (bicyclic) bond motifs is 1. The second-order valence-corrected chi connectivity index (χ2v) is 23.5. The number of amidine groups is 1. The Morgan fingerprint density at radius 1 is 1.11 bits per heavy atom. The van der Waals surface area contributed by atoms with Crippen LogP contribution in [0.1, 0.15) is 64.0 Å². The van der Waals surface area contributed by atoms with Gasteiger partial charge in [-0.05, 0) is 51.4 Å². The molecule has 12 nitrogen and oxygen atoms in total. The number of aliphatic imine (C=N–C) groups is 1. The van der Waals surface area contributed by atoms with Crippen LogP contribution in [0.3, 0.4) is 0 Å². The van der Waals surface area contributed by atoms with Gasteiger partial charge >= 0.3 is 12.3 Å². The molecule has 4 atom stereocenters. The van der Waals surface area contributed by atoms with E-state index in [1.807, 2.05) is 0 Å². The number of carbonyl (C=O) groups excluding carboxylic acids is 2. The number of benzene rings is 1. The molecule has 3 N–H and O–H groups in total. The van der Waals surface area contributed by atoms with Gasteiger partial charge in [0.1, 0.15) is 29.2 Å². The van der Waals surface area contributed by atoms with E-state index in [1.165, 1.54) is 26.0 Å². The van der Waals surface area contributed by atoms with Gasteiger partial charge in [0, 0.05) is 37.3 Å². The summed E-state index contributed by atoms with van der Waals surface area (Å²) in [7, 11) is -1.60. The SMILES string of the molecule is CC(C)(CF)NC(=O)[C@]12C[C@H]1[C@@](C)(c1cc(NC(=O)c3cnc(OCC(F)(F)F)cn3)ccc1F)N=C(N(C(=O)O)C(OCC[Si](C)(C)C)C(C)(C)C)S2. The quantitative estimate of drug-likeness (QED) is 0.106. The summed E-state index contributed by atoms with van der Waals surface area (Å²) in [4.78, 5) is 53.6. The number of ether oxygens (including phenoxy) is 2. The van der Waals surface area contributed by atoms with Crippen molar-refractivity contribution in [3.63, 3.8) is 0 Å². The molecule has 1 saturated carbocycles. The van der Waals surface area contributed by atoms with E-state index in [2.05, 4.69) is 45.0 Å². The highest BCUT2D eigenvalue weighted by Gasteiger charge is 2.72. The first-order valence-electron chi connectivity index (χ1n) is 17.2. The van der Waals surface area contributed by atoms with Gasteiger partial charge in [0.2, 0.25) is 11.8 Å². The zero-order valence-corrected chi connectivity index (χ0v) is 33.5. The van der Waals surface area contributed by atoms with E-state index in [1.54, 1.807) is 27.7 Å². The van der Waals surface area contributed by atoms with Crippen molar-refractivity contribution in [2.24, 2.45) is 16.3 Å². The molecule has 1 unspecified atom stereocenters. The lowest BCUT2D eigenvalue weighted by Crippen LogP contribution is -2.56. The van der Waals surface area contributed by atoms with Crippen molar-refractivity contribution in [2.45, 2.75) is 102 Å². The third-order valence-electron chi connectivity index (χ3n) is 8.89. The number of hydrogen-bond donors (Lipinski definition) is 3. The van der Waals surface area contributed by atoms with Gasteiger partial charge in [-0.1, -0.05) is 52.2 Å². The summed E-state index contributed by atoms with van der Waals surface area (Å²) in [5.41, 5.74) is -3.92. The van der Waals surface area contributed by atoms with E-state index in [0.717, 1.165) is 41.2 Å². The molecule has 0 spiro atoms. The molecule has 1 aromatic heterocycles. The fraction of sp³-hybridized carbons (Fsp3) is 0.600. The Balaban J connectivity index is 1.76. The Labute approximate surface area is 316 Å². The first-order chi connectivity index (χ1) is 24.7. The van der Waals surface area contributed by atoms with Gasteiger partial charge in [-0.15, -0.1) is 0 Å². The average molecular weight is 803 g/mol. The van der Waals surface area contributed by atoms with Gasteiger partial charge in [0.15, 0.2) is 11.8 Å². The monoisotopic (exact) mass is 802 g/mol. The van der Waals surface area contributed by atoms with Crippen LogP contribution in [-0.4, -0.2) is 93.7 Å². The maximum absolute atomic E-state index is 16.0. The average Bonchev–Trinajstić information content (AvgIpc) is 3.80. The minimum atomic E-state index is -4.60. The van der Waals surface area contributed by atoms with E-state index in [4.69, 9.17) is 9.73 Å². The molecular weight excluding hydrogens is 756 g/mol. The Morgan fingerprint density at radius 3 is 2.31 bits per heavy atom. The van der Waals surface area contributed by atoms with Crippen LogP contribution in [0, 0.1) is 17.2 Å². The predicted molar refractivity (Wildman–Crippen MR) is 197 cm³/mol. The zero-order chi connectivity index (χ0) is 40.7. The van der Waals surface area contributed by atoms with Crippen molar-refractivity contribution in [1.82, 2.24) is 20.2 Å². The van der Waals surface area contributed by atoms with Crippen molar-refractivity contribution in [1.29, 1.82) is 0 Å². The number of halogens is 5. The normalized spacial score (nSPS) is 22.0. The number of anilines is 1. The van der Waals surface area contributed by atoms with E-state index in [9.17, 15) is 37.1 Å². The Kier molecular flexibility index (Phi) is 12.2. The number of hydrogen-bond acceptors (Lipinski definition) is 9. The van der Waals surface area contributed by atoms with Crippen LogP contribution in [0.15, 0.2) is 35.6 Å². The summed E-state index contributed by atoms with van der Waals surface area (Å²) < 4.78 is 76.9. The molecule has 0 bridgehead atoms. The molecule has 1 aliphatic heterocycles. The molecule has 3 amide bonds. The van der Waals surface area contributed by atoms with Gasteiger partial charge in [0.25, 0.3) is 5.91 Å². The molecule has 2 heterocycles. The van der Waals surface area contributed by atoms with Crippen molar-refractivity contribution in [2.75, 3.05) is 25.2 Å². The molecular formula is C35H47F5N6O6SSi. The lowest BCUT2D eigenvalue weighted by atomic mass is 9.85. The van der Waals surface area contributed by atoms with Gasteiger partial charge in [-0.25, -0.2) is 28.4 Å². The van der Waals surface area contributed by atoms with Crippen molar-refractivity contribution >= 4 is 48.6 Å². The molecule has 1 aromatic carbocycles. The lowest BCUT2D eigenvalue weighted by molar-refractivity contribution is -0.154. The number of carbonyl (C=O) groups is 3. The predicted octanol–water partition coefficient (Wildman–Crippen LogP) is 7.46. The largest absolute Gasteiger partial charge is 0.467 e. The molecule has 298 valence electrons. The maximum atomic E-state index is 16.0. The van der Waals surface area contributed by atoms with E-state index >= 15 is 4.39 Å². The first kappa shape index (κ1) is 42.9. The standard InChI is InChI=1S/C35H47F5N6O6SSi/c1-31(2,3)28(51-12-13-54(7,8)9)46(30(49)50)29-45-33(6,24-15-34(24,53-29)27(48)44-32(4,5)18-36)21-14-20(10-11-22(21)37)43-26(47)23-16-42-25(17-41-23)52-19-35(38,39)40/h10-11,14,16-17,24,28H,12-13,15,18-19H2,1-9H3,(H,43,47)(H,44,48)(H,49,50)/t24-,28?,33+,34-/m0/s1. The van der Waals surface area contributed by atoms with Crippen molar-refractivity contribution in [3.8, 4) is 5.88 Å². The first-order valence-corrected chi connectivity index (χ1v) is 21.7. The van der Waals surface area contributed by atoms with Crippen LogP contribution in [0.25, 0.3) is 0 Å². The van der Waals surface area contributed by atoms with Gasteiger partial charge < -0.3 is 25.2 Å². The number of amides is 3. The van der Waals surface area contributed by atoms with Crippen LogP contribution in [0.4, 0.5) is 32.4 Å². The number of carboxylic acid groups (broad SMARTS) is 1. The summed E-state index contributed by atoms with van der Waals surface area (Å²) >= 11 is 0.917. The number of rotatable bonds is 13. The summed E-state index contributed by atoms with van der Waals surface area (Å²) in [6.45, 7) is 14.3. The summed E-state index contributed by atoms with van der Waals surface area (Å²) in [5.74, 6) is -3.31. The fourth-order valence-electron chi connectivity index (χ4n) is 5.89. The summed E-state index contributed by atoms with van der Waals surface area (Å²) in [6, 6.07) is 4.39. The molecule has 0 saturated heterocycles. The maximum Gasteiger partial charge on any atom is 0.422 e. The van der Waals surface area contributed by atoms with E-state index < -0.39 is 90.5 Å². The zero-order valence-electron chi connectivity index (χ0n) is 31.7. The molecule has 54 heavy (non-hydrogen) atoms. The van der Waals surface area contributed by atoms with Crippen LogP contribution in [-0.2, 0) is 15.1 Å². The molecule has 0 radical (unpaired) electrons. The van der Waals surface area contributed by atoms with E-state index in [0.29, 0.717) is 0 Å². The molecule has 4 rings (SSSR count). The minimum absolute atomic E-state index is 0.0678. The van der Waals surface area contributed by atoms with Gasteiger partial charge in [-0.2, -0.15) is 13.2 Å². The lowest BCUT2D eigenvalue weighted by Gasteiger charge is -2.42. The smallest absolute Gasteiger partial charge is 0.422 e. The Hall–Kier alpha value is -3.84. The Morgan fingerprint density at radius 2 is 1.78 bits per heavy atom. The second-order valence-electron chi connectivity index (χ2n) is 16.6. The Bertz CT molecular complexity index is 1770. The number of thioether (sulfide) groups is 1. The molecule has 19 heteroatoms. The molecule has 2 aliphatic rings.